The highest BCUT2D eigenvalue weighted by Gasteiger charge is 2.46. The molecule has 0 spiro atoms. The van der Waals surface area contributed by atoms with Crippen molar-refractivity contribution in [3.05, 3.63) is 81.9 Å². The smallest absolute Gasteiger partial charge is 0.347 e. The van der Waals surface area contributed by atoms with Crippen molar-refractivity contribution in [1.29, 1.82) is 0 Å². The van der Waals surface area contributed by atoms with Crippen molar-refractivity contribution in [2.45, 2.75) is 51.9 Å². The van der Waals surface area contributed by atoms with Gasteiger partial charge < -0.3 is 8.85 Å². The van der Waals surface area contributed by atoms with Crippen molar-refractivity contribution in [1.82, 2.24) is 0 Å². The molecule has 8 heteroatoms. The lowest BCUT2D eigenvalue weighted by Gasteiger charge is -2.35. The molecule has 178 valence electrons. The second-order valence-corrected chi connectivity index (χ2v) is 19.4. The van der Waals surface area contributed by atoms with Crippen LogP contribution in [0.1, 0.15) is 59.5 Å². The molecule has 0 heterocycles. The third-order valence-electron chi connectivity index (χ3n) is 6.67. The Morgan fingerprint density at radius 3 is 1.18 bits per heavy atom. The molecule has 0 unspecified atom stereocenters. The van der Waals surface area contributed by atoms with Gasteiger partial charge in [-0.3, -0.25) is 9.59 Å². The molecule has 2 aromatic carbocycles. The van der Waals surface area contributed by atoms with Crippen molar-refractivity contribution in [2.75, 3.05) is 0 Å². The minimum absolute atomic E-state index is 0.233. The zero-order valence-corrected chi connectivity index (χ0v) is 23.3. The van der Waals surface area contributed by atoms with E-state index in [0.717, 1.165) is 0 Å². The number of hydrogen-bond donors (Lipinski definition) is 0. The lowest BCUT2D eigenvalue weighted by Crippen LogP contribution is -2.35. The summed E-state index contributed by atoms with van der Waals surface area (Å²) in [6.45, 7) is 7.97. The van der Waals surface area contributed by atoms with Crippen LogP contribution in [-0.2, 0) is 8.85 Å². The number of carbonyl (C=O) groups is 2. The van der Waals surface area contributed by atoms with Crippen molar-refractivity contribution in [3.63, 3.8) is 0 Å². The number of ketones is 2. The molecule has 0 N–H and O–H groups in total. The Morgan fingerprint density at radius 2 is 0.882 bits per heavy atom. The van der Waals surface area contributed by atoms with E-state index in [9.17, 15) is 9.59 Å². The second-order valence-electron chi connectivity index (χ2n) is 8.54. The van der Waals surface area contributed by atoms with E-state index in [-0.39, 0.29) is 22.7 Å². The summed E-state index contributed by atoms with van der Waals surface area (Å²) in [5, 5.41) is 0. The number of fused-ring (bicyclic) bond motifs is 3. The van der Waals surface area contributed by atoms with Crippen LogP contribution in [0.3, 0.4) is 0 Å². The molecule has 0 saturated heterocycles. The van der Waals surface area contributed by atoms with E-state index < -0.39 is 15.3 Å². The number of carbonyl (C=O) groups excluding carboxylic acids is 2. The Balaban J connectivity index is 2.10. The molecule has 0 amide bonds. The summed E-state index contributed by atoms with van der Waals surface area (Å²) in [5.41, 5.74) is 2.60. The Labute approximate surface area is 212 Å². The quantitative estimate of drug-likeness (QED) is 0.259. The van der Waals surface area contributed by atoms with Crippen LogP contribution in [0.2, 0.25) is 24.2 Å². The molecule has 2 aliphatic rings. The van der Waals surface area contributed by atoms with E-state index >= 15 is 0 Å². The first-order valence-electron chi connectivity index (χ1n) is 11.8. The van der Waals surface area contributed by atoms with Gasteiger partial charge in [0.25, 0.3) is 0 Å². The van der Waals surface area contributed by atoms with Crippen LogP contribution in [0.4, 0.5) is 0 Å². The molecular formula is C26H28Cl2O4Si2. The van der Waals surface area contributed by atoms with Gasteiger partial charge in [-0.05, 0) is 24.2 Å². The van der Waals surface area contributed by atoms with Crippen LogP contribution in [0.5, 0.6) is 0 Å². The SMILES string of the molecule is CC[Si](Cl)(CC)OC1=C2C(=O)c3ccccc3C(O[Si](Cl)(CC)CC)=C2C(=O)c2ccccc21. The summed E-state index contributed by atoms with van der Waals surface area (Å²) in [6, 6.07) is 17.1. The van der Waals surface area contributed by atoms with Crippen LogP contribution in [-0.4, -0.2) is 26.8 Å². The molecule has 0 bridgehead atoms. The van der Waals surface area contributed by atoms with Crippen LogP contribution >= 0.6 is 22.2 Å². The predicted octanol–water partition coefficient (Wildman–Crippen LogP) is 7.68. The minimum Gasteiger partial charge on any atom is -0.528 e. The highest BCUT2D eigenvalue weighted by atomic mass is 35.6. The summed E-state index contributed by atoms with van der Waals surface area (Å²) in [7, 11) is -5.37. The molecule has 0 saturated carbocycles. The zero-order valence-electron chi connectivity index (χ0n) is 19.8. The molecule has 0 radical (unpaired) electrons. The Morgan fingerprint density at radius 1 is 0.588 bits per heavy atom. The third kappa shape index (κ3) is 4.11. The first kappa shape index (κ1) is 25.0. The number of halogens is 2. The first-order chi connectivity index (χ1) is 16.2. The fourth-order valence-electron chi connectivity index (χ4n) is 4.32. The van der Waals surface area contributed by atoms with Gasteiger partial charge in [0, 0.05) is 22.3 Å². The molecule has 2 aliphatic carbocycles. The Kier molecular flexibility index (Phi) is 6.98. The minimum atomic E-state index is -2.69. The summed E-state index contributed by atoms with van der Waals surface area (Å²) >= 11 is 13.9. The average molecular weight is 532 g/mol. The molecule has 34 heavy (non-hydrogen) atoms. The average Bonchev–Trinajstić information content (AvgIpc) is 2.88. The molecule has 2 aromatic rings. The van der Waals surface area contributed by atoms with Gasteiger partial charge in [0.05, 0.1) is 11.1 Å². The first-order valence-corrected chi connectivity index (χ1v) is 18.4. The maximum atomic E-state index is 13.9. The van der Waals surface area contributed by atoms with Gasteiger partial charge in [-0.2, -0.15) is 0 Å². The Hall–Kier alpha value is -2.13. The monoisotopic (exact) mass is 530 g/mol. The number of allylic oxidation sites excluding steroid dienone is 2. The molecule has 0 aromatic heterocycles. The van der Waals surface area contributed by atoms with Gasteiger partial charge in [0.15, 0.2) is 11.6 Å². The molecule has 0 aliphatic heterocycles. The summed E-state index contributed by atoms with van der Waals surface area (Å²) in [5.74, 6) is 0.244. The van der Waals surface area contributed by atoms with Crippen LogP contribution in [0.15, 0.2) is 59.7 Å². The zero-order chi connectivity index (χ0) is 24.7. The second kappa shape index (κ2) is 9.49. The molecule has 0 fully saturated rings. The Bertz CT molecular complexity index is 1130. The van der Waals surface area contributed by atoms with E-state index in [1.54, 1.807) is 12.1 Å². The third-order valence-corrected chi connectivity index (χ3v) is 15.7. The topological polar surface area (TPSA) is 52.6 Å². The van der Waals surface area contributed by atoms with Crippen LogP contribution in [0, 0.1) is 0 Å². The van der Waals surface area contributed by atoms with Crippen LogP contribution < -0.4 is 0 Å². The van der Waals surface area contributed by atoms with Gasteiger partial charge in [-0.25, -0.2) is 0 Å². The highest BCUT2D eigenvalue weighted by Crippen LogP contribution is 2.47. The number of rotatable bonds is 8. The van der Waals surface area contributed by atoms with Crippen molar-refractivity contribution in [2.24, 2.45) is 0 Å². The summed E-state index contributed by atoms with van der Waals surface area (Å²) in [6.07, 6.45) is 0. The predicted molar refractivity (Wildman–Crippen MR) is 143 cm³/mol. The van der Waals surface area contributed by atoms with Crippen molar-refractivity contribution >= 4 is 60.5 Å². The maximum absolute atomic E-state index is 13.9. The fraction of sp³-hybridized carbons (Fsp3) is 0.308. The van der Waals surface area contributed by atoms with E-state index in [1.165, 1.54) is 0 Å². The molecular weight excluding hydrogens is 503 g/mol. The van der Waals surface area contributed by atoms with Crippen LogP contribution in [0.25, 0.3) is 11.5 Å². The van der Waals surface area contributed by atoms with Gasteiger partial charge >= 0.3 is 15.3 Å². The van der Waals surface area contributed by atoms with Gasteiger partial charge in [-0.15, -0.1) is 22.2 Å². The van der Waals surface area contributed by atoms with Gasteiger partial charge in [0.2, 0.25) is 0 Å². The molecule has 0 atom stereocenters. The van der Waals surface area contributed by atoms with E-state index in [2.05, 4.69) is 0 Å². The normalized spacial score (nSPS) is 15.7. The summed E-state index contributed by atoms with van der Waals surface area (Å²) < 4.78 is 13.1. The molecule has 4 rings (SSSR count). The van der Waals surface area contributed by atoms with Crippen molar-refractivity contribution in [3.8, 4) is 0 Å². The lowest BCUT2D eigenvalue weighted by atomic mass is 9.76. The highest BCUT2D eigenvalue weighted by molar-refractivity contribution is 7.17. The van der Waals surface area contributed by atoms with Gasteiger partial charge in [-0.1, -0.05) is 76.2 Å². The largest absolute Gasteiger partial charge is 0.528 e. The fourth-order valence-corrected chi connectivity index (χ4v) is 7.52. The lowest BCUT2D eigenvalue weighted by molar-refractivity contribution is 0.0988. The van der Waals surface area contributed by atoms with Gasteiger partial charge in [0.1, 0.15) is 11.5 Å². The van der Waals surface area contributed by atoms with Crippen molar-refractivity contribution < 1.29 is 18.4 Å². The summed E-state index contributed by atoms with van der Waals surface area (Å²) in [4.78, 5) is 27.8. The standard InChI is InChI=1S/C26H28Cl2O4Si2/c1-5-33(27,6-2)31-25-19-15-11-9-13-17(19)24(30)22-21(25)23(29)18-14-10-12-16-20(18)26(22)32-34(28,7-3)8-4/h9-16H,5-8H2,1-4H3. The molecule has 4 nitrogen and oxygen atoms in total. The van der Waals surface area contributed by atoms with E-state index in [4.69, 9.17) is 31.0 Å². The number of benzene rings is 2. The van der Waals surface area contributed by atoms with E-state index in [0.29, 0.717) is 57.9 Å². The number of hydrogen-bond acceptors (Lipinski definition) is 4. The maximum Gasteiger partial charge on any atom is 0.347 e. The number of Topliss-reactive ketones (excluding diaryl/α,β-unsaturated/α-hetero) is 2. The van der Waals surface area contributed by atoms with E-state index in [1.807, 2.05) is 64.1 Å².